The van der Waals surface area contributed by atoms with E-state index in [-0.39, 0.29) is 12.1 Å². The lowest BCUT2D eigenvalue weighted by molar-refractivity contribution is -0.132. The Hall–Kier alpha value is -3.49. The van der Waals surface area contributed by atoms with Crippen molar-refractivity contribution in [1.82, 2.24) is 30.2 Å². The van der Waals surface area contributed by atoms with Crippen LogP contribution in [0.2, 0.25) is 0 Å². The second kappa shape index (κ2) is 13.9. The van der Waals surface area contributed by atoms with Gasteiger partial charge in [0.25, 0.3) is 0 Å². The van der Waals surface area contributed by atoms with E-state index in [1.807, 2.05) is 0 Å². The highest BCUT2D eigenvalue weighted by atomic mass is 16.6. The Morgan fingerprint density at radius 2 is 1.72 bits per heavy atom. The third kappa shape index (κ3) is 6.27. The molecule has 2 unspecified atom stereocenters. The van der Waals surface area contributed by atoms with Crippen LogP contribution in [-0.2, 0) is 17.6 Å². The summed E-state index contributed by atoms with van der Waals surface area (Å²) in [6.45, 7) is 5.13. The number of benzene rings is 2. The minimum atomic E-state index is -1.38. The number of nitrogens with one attached hydrogen (secondary N) is 2. The molecule has 0 aliphatic carbocycles. The first-order valence-electron chi connectivity index (χ1n) is 16.7. The van der Waals surface area contributed by atoms with Crippen molar-refractivity contribution >= 4 is 11.2 Å². The summed E-state index contributed by atoms with van der Waals surface area (Å²) in [7, 11) is 0. The predicted octanol–water partition coefficient (Wildman–Crippen LogP) is 2.05. The molecule has 9 atom stereocenters. The molecule has 0 amide bonds. The van der Waals surface area contributed by atoms with Crippen LogP contribution in [0.3, 0.4) is 0 Å². The van der Waals surface area contributed by atoms with Gasteiger partial charge in [0.2, 0.25) is 5.88 Å². The first-order chi connectivity index (χ1) is 23.0. The summed E-state index contributed by atoms with van der Waals surface area (Å²) in [5, 5.41) is 38.8. The van der Waals surface area contributed by atoms with Gasteiger partial charge in [-0.3, -0.25) is 4.90 Å². The number of hydrogen-bond acceptors (Lipinski definition) is 11. The highest BCUT2D eigenvalue weighted by Gasteiger charge is 2.48. The fourth-order valence-corrected chi connectivity index (χ4v) is 8.01. The molecule has 0 spiro atoms. The van der Waals surface area contributed by atoms with Gasteiger partial charge in [-0.2, -0.15) is 4.98 Å². The van der Waals surface area contributed by atoms with E-state index < -0.39 is 31.2 Å². The maximum atomic E-state index is 8.93. The highest BCUT2D eigenvalue weighted by Crippen LogP contribution is 2.47. The number of fused-ring (bicyclic) bond motifs is 5. The molecule has 12 nitrogen and oxygen atoms in total. The Balaban J connectivity index is 0.000000303. The molecular weight excluding hydrogens is 600 g/mol. The van der Waals surface area contributed by atoms with Gasteiger partial charge in [0.15, 0.2) is 11.9 Å². The lowest BCUT2D eigenvalue weighted by Gasteiger charge is -2.52. The van der Waals surface area contributed by atoms with Crippen LogP contribution in [0.25, 0.3) is 11.2 Å². The van der Waals surface area contributed by atoms with E-state index in [9.17, 15) is 0 Å². The number of aromatic nitrogens is 4. The summed E-state index contributed by atoms with van der Waals surface area (Å²) in [5.74, 6) is 1.52. The number of H-pyrrole nitrogens is 1. The zero-order valence-corrected chi connectivity index (χ0v) is 26.5. The van der Waals surface area contributed by atoms with E-state index in [1.165, 1.54) is 22.3 Å². The van der Waals surface area contributed by atoms with Gasteiger partial charge in [0.1, 0.15) is 36.3 Å². The van der Waals surface area contributed by atoms with Crippen LogP contribution in [0.15, 0.2) is 61.2 Å². The number of aromatic amines is 1. The summed E-state index contributed by atoms with van der Waals surface area (Å²) < 4.78 is 11.6. The Kier molecular flexibility index (Phi) is 9.51. The normalized spacial score (nSPS) is 31.7. The van der Waals surface area contributed by atoms with E-state index in [0.717, 1.165) is 50.8 Å². The summed E-state index contributed by atoms with van der Waals surface area (Å²) >= 11 is 0. The maximum absolute atomic E-state index is 8.93. The second-order valence-corrected chi connectivity index (χ2v) is 13.0. The van der Waals surface area contributed by atoms with Gasteiger partial charge in [-0.1, -0.05) is 61.9 Å². The van der Waals surface area contributed by atoms with E-state index in [0.29, 0.717) is 29.4 Å². The van der Waals surface area contributed by atoms with Crippen molar-refractivity contribution in [1.29, 1.82) is 0 Å². The Morgan fingerprint density at radius 3 is 2.45 bits per heavy atom. The van der Waals surface area contributed by atoms with Crippen LogP contribution in [0.4, 0.5) is 0 Å². The zero-order chi connectivity index (χ0) is 32.5. The Labute approximate surface area is 273 Å². The molecule has 0 bridgehead atoms. The largest absolute Gasteiger partial charge is 0.470 e. The molecule has 2 saturated heterocycles. The zero-order valence-electron chi connectivity index (χ0n) is 26.5. The van der Waals surface area contributed by atoms with Crippen molar-refractivity contribution in [2.24, 2.45) is 11.8 Å². The summed E-state index contributed by atoms with van der Waals surface area (Å²) in [6, 6.07) is 18.4. The summed E-state index contributed by atoms with van der Waals surface area (Å²) in [5.41, 5.74) is 7.20. The van der Waals surface area contributed by atoms with Crippen molar-refractivity contribution < 1.29 is 29.9 Å². The molecule has 6 heterocycles. The van der Waals surface area contributed by atoms with Gasteiger partial charge in [-0.25, -0.2) is 9.97 Å². The molecule has 6 N–H and O–H groups in total. The third-order valence-electron chi connectivity index (χ3n) is 10.4. The topological polar surface area (TPSA) is 169 Å². The van der Waals surface area contributed by atoms with E-state index in [4.69, 9.17) is 25.2 Å². The molecule has 4 aliphatic heterocycles. The standard InChI is InChI=1S/C30H34N6O.C5H10O5/c1-2-19-16-36-14-12-21-8-4-6-10-23(21)27(36)28(37-30-26-29(33-17-32-26)34-18-35-30)24(19)15-25-22-9-5-3-7-20(22)11-13-31-25;6-1-2-3(7)4(8)5(9)10-2/h3-10,17-19,24-25,27-28,31H,2,11-16H2,1H3,(H,32,33,34,35);2-9H,1H2/t19-,24+,25+,27+,28?;2-,3-,4+,5?/m01/s1. The first-order valence-corrected chi connectivity index (χ1v) is 16.7. The van der Waals surface area contributed by atoms with Crippen molar-refractivity contribution in [2.45, 2.75) is 75.4 Å². The molecule has 12 heteroatoms. The number of ether oxygens (including phenoxy) is 2. The van der Waals surface area contributed by atoms with Crippen LogP contribution in [-0.4, -0.2) is 102 Å². The molecule has 2 fully saturated rings. The van der Waals surface area contributed by atoms with Crippen molar-refractivity contribution in [3.63, 3.8) is 0 Å². The predicted molar refractivity (Wildman–Crippen MR) is 173 cm³/mol. The summed E-state index contributed by atoms with van der Waals surface area (Å²) in [6.07, 6.45) is 2.82. The number of aliphatic hydroxyl groups is 4. The average molecular weight is 645 g/mol. The first kappa shape index (κ1) is 32.1. The smallest absolute Gasteiger partial charge is 0.243 e. The molecular formula is C35H44N6O6. The number of piperidine rings is 1. The van der Waals surface area contributed by atoms with Crippen LogP contribution in [0.1, 0.15) is 54.1 Å². The summed E-state index contributed by atoms with van der Waals surface area (Å²) in [4.78, 5) is 19.2. The van der Waals surface area contributed by atoms with Crippen molar-refractivity contribution in [3.8, 4) is 5.88 Å². The van der Waals surface area contributed by atoms with Gasteiger partial charge in [0.05, 0.1) is 19.0 Å². The number of hydrogen-bond donors (Lipinski definition) is 6. The fourth-order valence-electron chi connectivity index (χ4n) is 8.01. The molecule has 47 heavy (non-hydrogen) atoms. The number of imidazole rings is 1. The van der Waals surface area contributed by atoms with Gasteiger partial charge in [-0.15, -0.1) is 0 Å². The molecule has 2 aromatic heterocycles. The maximum Gasteiger partial charge on any atom is 0.243 e. The van der Waals surface area contributed by atoms with E-state index in [2.05, 4.69) is 90.3 Å². The molecule has 0 radical (unpaired) electrons. The monoisotopic (exact) mass is 644 g/mol. The van der Waals surface area contributed by atoms with Crippen molar-refractivity contribution in [2.75, 3.05) is 26.2 Å². The van der Waals surface area contributed by atoms with Gasteiger partial charge >= 0.3 is 0 Å². The van der Waals surface area contributed by atoms with Crippen LogP contribution in [0.5, 0.6) is 5.88 Å². The molecule has 0 saturated carbocycles. The molecule has 250 valence electrons. The van der Waals surface area contributed by atoms with Gasteiger partial charge in [0, 0.05) is 25.0 Å². The second-order valence-electron chi connectivity index (χ2n) is 13.0. The van der Waals surface area contributed by atoms with E-state index >= 15 is 0 Å². The van der Waals surface area contributed by atoms with Gasteiger partial charge in [-0.05, 0) is 54.0 Å². The highest BCUT2D eigenvalue weighted by molar-refractivity contribution is 5.75. The SMILES string of the molecule is CC[C@H]1CN2CCc3ccccc3[C@@H]2C(Oc2ncnc3nc[nH]c23)[C@@H]1C[C@H]1NCCc2ccccc21.OC[C@H]1OC(O)[C@@H](O)[C@@H]1O. The third-order valence-corrected chi connectivity index (χ3v) is 10.4. The average Bonchev–Trinajstić information content (AvgIpc) is 3.70. The van der Waals surface area contributed by atoms with Crippen LogP contribution in [0, 0.1) is 11.8 Å². The minimum Gasteiger partial charge on any atom is -0.470 e. The lowest BCUT2D eigenvalue weighted by atomic mass is 9.70. The fraction of sp³-hybridized carbons (Fsp3) is 0.514. The number of aliphatic hydroxyl groups excluding tert-OH is 4. The Morgan fingerprint density at radius 1 is 0.957 bits per heavy atom. The molecule has 4 aliphatic rings. The van der Waals surface area contributed by atoms with E-state index in [1.54, 1.807) is 12.7 Å². The van der Waals surface area contributed by atoms with Crippen molar-refractivity contribution in [3.05, 3.63) is 83.4 Å². The van der Waals surface area contributed by atoms with Crippen LogP contribution >= 0.6 is 0 Å². The minimum absolute atomic E-state index is 0.0301. The quantitative estimate of drug-likeness (QED) is 0.182. The molecule has 8 rings (SSSR count). The van der Waals surface area contributed by atoms with Gasteiger partial charge < -0.3 is 40.2 Å². The molecule has 2 aromatic carbocycles. The molecule has 4 aromatic rings. The number of rotatable bonds is 6. The van der Waals surface area contributed by atoms with Crippen LogP contribution < -0.4 is 10.1 Å². The Bertz CT molecular complexity index is 1650. The lowest BCUT2D eigenvalue weighted by Crippen LogP contribution is -2.56. The number of nitrogens with zero attached hydrogens (tertiary/aromatic N) is 4.